The number of nitrogens with one attached hydrogen (secondary N) is 3. The number of carbonyl (C=O) groups excluding carboxylic acids is 1. The largest absolute Gasteiger partial charge is 0.355 e. The van der Waals surface area contributed by atoms with Crippen LogP contribution in [0.4, 0.5) is 0 Å². The molecule has 4 aromatic rings. The second kappa shape index (κ2) is 9.87. The third-order valence-corrected chi connectivity index (χ3v) is 7.07. The number of benzene rings is 1. The van der Waals surface area contributed by atoms with Gasteiger partial charge in [-0.15, -0.1) is 0 Å². The van der Waals surface area contributed by atoms with Crippen molar-refractivity contribution in [2.24, 2.45) is 0 Å². The van der Waals surface area contributed by atoms with Crippen LogP contribution in [0.3, 0.4) is 0 Å². The van der Waals surface area contributed by atoms with E-state index in [0.717, 1.165) is 71.0 Å². The lowest BCUT2D eigenvalue weighted by molar-refractivity contribution is 0.0960. The molecule has 1 aliphatic heterocycles. The standard InChI is InChI=1S/C28H35N7O/c1-17(2)24-21-15-19(6-7-22(21)32-26(24)20-8-9-31-18(3)14-20)27-25(28(36)30-5)23-16-34(11-10-29-4)12-13-35(23)33-27/h6-9,14-15,17,29,32H,10-13,16H2,1-5H3,(H,30,36). The number of hydrogen-bond donors (Lipinski definition) is 3. The van der Waals surface area contributed by atoms with Crippen molar-refractivity contribution < 1.29 is 4.79 Å². The van der Waals surface area contributed by atoms with Crippen molar-refractivity contribution >= 4 is 16.8 Å². The summed E-state index contributed by atoms with van der Waals surface area (Å²) >= 11 is 0. The number of fused-ring (bicyclic) bond motifs is 2. The zero-order chi connectivity index (χ0) is 25.4. The Morgan fingerprint density at radius 3 is 2.69 bits per heavy atom. The molecule has 0 fully saturated rings. The molecule has 8 heteroatoms. The van der Waals surface area contributed by atoms with E-state index in [1.807, 2.05) is 24.9 Å². The fraction of sp³-hybridized carbons (Fsp3) is 0.393. The molecule has 0 radical (unpaired) electrons. The minimum absolute atomic E-state index is 0.0899. The van der Waals surface area contributed by atoms with E-state index < -0.39 is 0 Å². The van der Waals surface area contributed by atoms with Crippen LogP contribution in [-0.2, 0) is 13.1 Å². The van der Waals surface area contributed by atoms with E-state index in [2.05, 4.69) is 69.7 Å². The van der Waals surface area contributed by atoms with E-state index in [1.165, 1.54) is 5.56 Å². The number of nitrogens with zero attached hydrogens (tertiary/aromatic N) is 4. The molecule has 3 aromatic heterocycles. The van der Waals surface area contributed by atoms with Crippen molar-refractivity contribution in [1.29, 1.82) is 0 Å². The maximum atomic E-state index is 13.1. The van der Waals surface area contributed by atoms with Crippen LogP contribution >= 0.6 is 0 Å². The number of aromatic nitrogens is 4. The van der Waals surface area contributed by atoms with Crippen molar-refractivity contribution in [2.45, 2.75) is 39.8 Å². The fourth-order valence-corrected chi connectivity index (χ4v) is 5.28. The molecule has 36 heavy (non-hydrogen) atoms. The molecular formula is C28H35N7O. The Bertz CT molecular complexity index is 1420. The second-order valence-corrected chi connectivity index (χ2v) is 9.87. The first-order valence-electron chi connectivity index (χ1n) is 12.7. The Morgan fingerprint density at radius 1 is 1.14 bits per heavy atom. The Morgan fingerprint density at radius 2 is 1.97 bits per heavy atom. The molecule has 4 heterocycles. The number of pyridine rings is 1. The summed E-state index contributed by atoms with van der Waals surface area (Å²) in [5, 5.41) is 12.2. The molecule has 0 aliphatic carbocycles. The summed E-state index contributed by atoms with van der Waals surface area (Å²) in [6.45, 7) is 10.7. The van der Waals surface area contributed by atoms with Gasteiger partial charge >= 0.3 is 0 Å². The van der Waals surface area contributed by atoms with Crippen LogP contribution in [-0.4, -0.2) is 64.3 Å². The highest BCUT2D eigenvalue weighted by Crippen LogP contribution is 2.38. The van der Waals surface area contributed by atoms with Crippen LogP contribution in [0, 0.1) is 6.92 Å². The zero-order valence-electron chi connectivity index (χ0n) is 21.8. The molecule has 5 rings (SSSR count). The number of hydrogen-bond acceptors (Lipinski definition) is 5. The highest BCUT2D eigenvalue weighted by molar-refractivity contribution is 6.02. The van der Waals surface area contributed by atoms with Crippen LogP contribution in [0.2, 0.25) is 0 Å². The SMILES string of the molecule is CNCCN1CCn2nc(-c3ccc4[nH]c(-c5ccnc(C)c5)c(C(C)C)c4c3)c(C(=O)NC)c2C1. The van der Waals surface area contributed by atoms with Gasteiger partial charge < -0.3 is 15.6 Å². The van der Waals surface area contributed by atoms with Crippen molar-refractivity contribution in [3.8, 4) is 22.5 Å². The van der Waals surface area contributed by atoms with Crippen LogP contribution in [0.15, 0.2) is 36.5 Å². The van der Waals surface area contributed by atoms with Crippen molar-refractivity contribution in [1.82, 2.24) is 35.3 Å². The Balaban J connectivity index is 1.64. The lowest BCUT2D eigenvalue weighted by Crippen LogP contribution is -2.38. The van der Waals surface area contributed by atoms with Gasteiger partial charge in [-0.05, 0) is 49.7 Å². The first-order chi connectivity index (χ1) is 17.4. The molecule has 0 bridgehead atoms. The van der Waals surface area contributed by atoms with Gasteiger partial charge in [-0.1, -0.05) is 19.9 Å². The van der Waals surface area contributed by atoms with Gasteiger partial charge in [0.2, 0.25) is 0 Å². The molecule has 1 aromatic carbocycles. The first-order valence-corrected chi connectivity index (χ1v) is 12.7. The molecule has 3 N–H and O–H groups in total. The van der Waals surface area contributed by atoms with Gasteiger partial charge in [0.05, 0.1) is 23.5 Å². The second-order valence-electron chi connectivity index (χ2n) is 9.87. The first kappa shape index (κ1) is 24.2. The number of likely N-dealkylation sites (N-methyl/N-ethyl adjacent to an activating group) is 1. The smallest absolute Gasteiger partial charge is 0.255 e. The number of aromatic amines is 1. The number of carbonyl (C=O) groups is 1. The zero-order valence-corrected chi connectivity index (χ0v) is 21.8. The summed E-state index contributed by atoms with van der Waals surface area (Å²) < 4.78 is 2.02. The van der Waals surface area contributed by atoms with E-state index >= 15 is 0 Å². The van der Waals surface area contributed by atoms with Crippen LogP contribution < -0.4 is 10.6 Å². The molecular weight excluding hydrogens is 450 g/mol. The number of rotatable bonds is 7. The normalized spacial score (nSPS) is 13.9. The minimum atomic E-state index is -0.0899. The number of amides is 1. The van der Waals surface area contributed by atoms with Gasteiger partial charge in [0.15, 0.2) is 0 Å². The highest BCUT2D eigenvalue weighted by Gasteiger charge is 2.29. The molecule has 0 spiro atoms. The maximum Gasteiger partial charge on any atom is 0.255 e. The number of aryl methyl sites for hydroxylation is 1. The van der Waals surface area contributed by atoms with Crippen molar-refractivity contribution in [3.63, 3.8) is 0 Å². The Hall–Kier alpha value is -3.49. The predicted molar refractivity (Wildman–Crippen MR) is 144 cm³/mol. The van der Waals surface area contributed by atoms with E-state index in [-0.39, 0.29) is 5.91 Å². The van der Waals surface area contributed by atoms with E-state index in [4.69, 9.17) is 5.10 Å². The summed E-state index contributed by atoms with van der Waals surface area (Å²) in [5.74, 6) is 0.222. The average molecular weight is 486 g/mol. The topological polar surface area (TPSA) is 90.9 Å². The highest BCUT2D eigenvalue weighted by atomic mass is 16.1. The third kappa shape index (κ3) is 4.31. The molecule has 0 saturated carbocycles. The monoisotopic (exact) mass is 485 g/mol. The molecule has 8 nitrogen and oxygen atoms in total. The maximum absolute atomic E-state index is 13.1. The Labute approximate surface area is 212 Å². The summed E-state index contributed by atoms with van der Waals surface area (Å²) in [7, 11) is 3.65. The number of H-pyrrole nitrogens is 1. The van der Waals surface area contributed by atoms with Gasteiger partial charge in [-0.25, -0.2) is 0 Å². The van der Waals surface area contributed by atoms with E-state index in [1.54, 1.807) is 7.05 Å². The fourth-order valence-electron chi connectivity index (χ4n) is 5.28. The van der Waals surface area contributed by atoms with E-state index in [0.29, 0.717) is 18.0 Å². The van der Waals surface area contributed by atoms with Crippen LogP contribution in [0.5, 0.6) is 0 Å². The Kier molecular flexibility index (Phi) is 6.64. The van der Waals surface area contributed by atoms with Gasteiger partial charge in [0.25, 0.3) is 5.91 Å². The van der Waals surface area contributed by atoms with Gasteiger partial charge in [-0.3, -0.25) is 19.4 Å². The summed E-state index contributed by atoms with van der Waals surface area (Å²) in [6, 6.07) is 10.5. The van der Waals surface area contributed by atoms with Gasteiger partial charge in [0, 0.05) is 67.1 Å². The molecule has 1 aliphatic rings. The van der Waals surface area contributed by atoms with Crippen LogP contribution in [0.1, 0.15) is 47.1 Å². The lowest BCUT2D eigenvalue weighted by atomic mass is 9.94. The lowest BCUT2D eigenvalue weighted by Gasteiger charge is -2.27. The molecule has 0 atom stereocenters. The molecule has 188 valence electrons. The minimum Gasteiger partial charge on any atom is -0.355 e. The quantitative estimate of drug-likeness (QED) is 0.369. The van der Waals surface area contributed by atoms with Crippen molar-refractivity contribution in [2.75, 3.05) is 33.7 Å². The summed E-state index contributed by atoms with van der Waals surface area (Å²) in [6.07, 6.45) is 1.86. The van der Waals surface area contributed by atoms with Crippen molar-refractivity contribution in [3.05, 3.63) is 59.0 Å². The average Bonchev–Trinajstić information content (AvgIpc) is 3.45. The van der Waals surface area contributed by atoms with Gasteiger partial charge in [-0.2, -0.15) is 5.10 Å². The predicted octanol–water partition coefficient (Wildman–Crippen LogP) is 3.92. The molecule has 1 amide bonds. The van der Waals surface area contributed by atoms with Gasteiger partial charge in [0.1, 0.15) is 5.69 Å². The molecule has 0 unspecified atom stereocenters. The molecule has 0 saturated heterocycles. The third-order valence-electron chi connectivity index (χ3n) is 7.07. The van der Waals surface area contributed by atoms with E-state index in [9.17, 15) is 4.79 Å². The summed E-state index contributed by atoms with van der Waals surface area (Å²) in [4.78, 5) is 23.5. The summed E-state index contributed by atoms with van der Waals surface area (Å²) in [5.41, 5.74) is 8.96. The van der Waals surface area contributed by atoms with Crippen LogP contribution in [0.25, 0.3) is 33.4 Å².